The summed E-state index contributed by atoms with van der Waals surface area (Å²) in [6.07, 6.45) is 0. The number of sulfonamides is 1. The van der Waals surface area contributed by atoms with Gasteiger partial charge in [0.25, 0.3) is 0 Å². The summed E-state index contributed by atoms with van der Waals surface area (Å²) in [4.78, 5) is 0.0832. The summed E-state index contributed by atoms with van der Waals surface area (Å²) in [5, 5.41) is 17.3. The van der Waals surface area contributed by atoms with Gasteiger partial charge in [-0.1, -0.05) is 24.3 Å². The van der Waals surface area contributed by atoms with E-state index in [0.717, 1.165) is 16.8 Å². The topological polar surface area (TPSA) is 96.0 Å². The highest BCUT2D eigenvalue weighted by atomic mass is 32.2. The Morgan fingerprint density at radius 2 is 1.86 bits per heavy atom. The summed E-state index contributed by atoms with van der Waals surface area (Å²) in [5.41, 5.74) is 3.25. The molecule has 0 spiro atoms. The van der Waals surface area contributed by atoms with E-state index < -0.39 is 10.0 Å². The Hall–Kier alpha value is -2.36. The van der Waals surface area contributed by atoms with Crippen LogP contribution < -0.4 is 10.5 Å². The Morgan fingerprint density at radius 1 is 1.19 bits per heavy atom. The van der Waals surface area contributed by atoms with Crippen LogP contribution in [0.15, 0.2) is 47.4 Å². The number of rotatable bonds is 4. The molecule has 0 atom stereocenters. The number of hydrogen-bond donors (Lipinski definition) is 2. The van der Waals surface area contributed by atoms with Gasteiger partial charge in [-0.05, 0) is 36.2 Å². The van der Waals surface area contributed by atoms with E-state index in [2.05, 4.69) is 11.4 Å². The summed E-state index contributed by atoms with van der Waals surface area (Å²) in [6, 6.07) is 14.0. The maximum absolute atomic E-state index is 11.2. The summed E-state index contributed by atoms with van der Waals surface area (Å²) < 4.78 is 22.4. The number of nitrogens with one attached hydrogen (secondary N) is 1. The molecule has 6 heteroatoms. The molecule has 5 nitrogen and oxygen atoms in total. The van der Waals surface area contributed by atoms with Gasteiger partial charge in [-0.2, -0.15) is 5.26 Å². The first-order valence-electron chi connectivity index (χ1n) is 6.27. The van der Waals surface area contributed by atoms with Gasteiger partial charge in [-0.3, -0.25) is 0 Å². The fraction of sp³-hybridized carbons (Fsp3) is 0.133. The third kappa shape index (κ3) is 3.60. The molecule has 0 aliphatic rings. The highest BCUT2D eigenvalue weighted by Gasteiger charge is 2.08. The van der Waals surface area contributed by atoms with Crippen molar-refractivity contribution in [1.82, 2.24) is 0 Å². The lowest BCUT2D eigenvalue weighted by Gasteiger charge is -2.11. The Morgan fingerprint density at radius 3 is 2.43 bits per heavy atom. The molecular formula is C15H15N3O2S. The number of nitrogens with zero attached hydrogens (tertiary/aromatic N) is 1. The average molecular weight is 301 g/mol. The number of para-hydroxylation sites is 1. The van der Waals surface area contributed by atoms with Gasteiger partial charge in [0.05, 0.1) is 16.1 Å². The van der Waals surface area contributed by atoms with Crippen molar-refractivity contribution in [1.29, 1.82) is 5.26 Å². The van der Waals surface area contributed by atoms with E-state index in [-0.39, 0.29) is 4.90 Å². The lowest BCUT2D eigenvalue weighted by atomic mass is 10.1. The normalized spacial score (nSPS) is 10.9. The van der Waals surface area contributed by atoms with E-state index in [9.17, 15) is 8.42 Å². The second-order valence-corrected chi connectivity index (χ2v) is 6.21. The Balaban J connectivity index is 2.16. The van der Waals surface area contributed by atoms with Crippen LogP contribution in [0.3, 0.4) is 0 Å². The van der Waals surface area contributed by atoms with Gasteiger partial charge >= 0.3 is 0 Å². The van der Waals surface area contributed by atoms with Crippen molar-refractivity contribution < 1.29 is 8.42 Å². The van der Waals surface area contributed by atoms with E-state index in [1.165, 1.54) is 12.1 Å². The SMILES string of the molecule is Cc1cccc(C#N)c1NCc1ccc(S(N)(=O)=O)cc1. The molecule has 0 bridgehead atoms. The molecule has 0 heterocycles. The molecule has 2 aromatic rings. The molecule has 108 valence electrons. The standard InChI is InChI=1S/C15H15N3O2S/c1-11-3-2-4-13(9-16)15(11)18-10-12-5-7-14(8-6-12)21(17,19)20/h2-8,18H,10H2,1H3,(H2,17,19,20). The number of aryl methyl sites for hydroxylation is 1. The van der Waals surface area contributed by atoms with Crippen molar-refractivity contribution in [3.8, 4) is 6.07 Å². The molecule has 2 rings (SSSR count). The highest BCUT2D eigenvalue weighted by Crippen LogP contribution is 2.20. The van der Waals surface area contributed by atoms with Crippen LogP contribution in [0.1, 0.15) is 16.7 Å². The van der Waals surface area contributed by atoms with Crippen LogP contribution in [0, 0.1) is 18.3 Å². The van der Waals surface area contributed by atoms with Gasteiger partial charge in [0, 0.05) is 6.54 Å². The maximum Gasteiger partial charge on any atom is 0.238 e. The Bertz CT molecular complexity index is 791. The van der Waals surface area contributed by atoms with Crippen LogP contribution in [0.5, 0.6) is 0 Å². The Kier molecular flexibility index (Phi) is 4.26. The number of benzene rings is 2. The average Bonchev–Trinajstić information content (AvgIpc) is 2.45. The fourth-order valence-electron chi connectivity index (χ4n) is 1.98. The Labute approximate surface area is 124 Å². The van der Waals surface area contributed by atoms with Gasteiger partial charge in [-0.25, -0.2) is 13.6 Å². The molecule has 0 saturated carbocycles. The number of hydrogen-bond acceptors (Lipinski definition) is 4. The molecule has 0 amide bonds. The van der Waals surface area contributed by atoms with Crippen molar-refractivity contribution >= 4 is 15.7 Å². The monoisotopic (exact) mass is 301 g/mol. The zero-order valence-electron chi connectivity index (χ0n) is 11.5. The van der Waals surface area contributed by atoms with Crippen LogP contribution in [-0.2, 0) is 16.6 Å². The fourth-order valence-corrected chi connectivity index (χ4v) is 2.50. The van der Waals surface area contributed by atoms with Crippen LogP contribution >= 0.6 is 0 Å². The second kappa shape index (κ2) is 5.95. The molecular weight excluding hydrogens is 286 g/mol. The molecule has 0 radical (unpaired) electrons. The zero-order chi connectivity index (χ0) is 15.5. The molecule has 0 aliphatic carbocycles. The van der Waals surface area contributed by atoms with Gasteiger partial charge in [0.1, 0.15) is 6.07 Å². The third-order valence-corrected chi connectivity index (χ3v) is 4.04. The first kappa shape index (κ1) is 15.0. The van der Waals surface area contributed by atoms with Crippen molar-refractivity contribution in [2.75, 3.05) is 5.32 Å². The van der Waals surface area contributed by atoms with Crippen LogP contribution in [0.4, 0.5) is 5.69 Å². The lowest BCUT2D eigenvalue weighted by Crippen LogP contribution is -2.12. The van der Waals surface area contributed by atoms with E-state index in [1.807, 2.05) is 19.1 Å². The maximum atomic E-state index is 11.2. The molecule has 2 aromatic carbocycles. The second-order valence-electron chi connectivity index (χ2n) is 4.65. The van der Waals surface area contributed by atoms with Gasteiger partial charge in [-0.15, -0.1) is 0 Å². The lowest BCUT2D eigenvalue weighted by molar-refractivity contribution is 0.598. The van der Waals surface area contributed by atoms with Crippen LogP contribution in [-0.4, -0.2) is 8.42 Å². The number of anilines is 1. The minimum atomic E-state index is -3.67. The minimum Gasteiger partial charge on any atom is -0.380 e. The van der Waals surface area contributed by atoms with Crippen molar-refractivity contribution in [3.63, 3.8) is 0 Å². The number of primary sulfonamides is 1. The molecule has 0 fully saturated rings. The van der Waals surface area contributed by atoms with Crippen LogP contribution in [0.25, 0.3) is 0 Å². The summed E-state index contributed by atoms with van der Waals surface area (Å²) in [5.74, 6) is 0. The predicted octanol–water partition coefficient (Wildman–Crippen LogP) is 2.13. The molecule has 21 heavy (non-hydrogen) atoms. The minimum absolute atomic E-state index is 0.0832. The molecule has 0 unspecified atom stereocenters. The van der Waals surface area contributed by atoms with Gasteiger partial charge in [0.2, 0.25) is 10.0 Å². The molecule has 0 aromatic heterocycles. The first-order valence-corrected chi connectivity index (χ1v) is 7.82. The van der Waals surface area contributed by atoms with E-state index in [4.69, 9.17) is 10.4 Å². The first-order chi connectivity index (χ1) is 9.91. The summed E-state index contributed by atoms with van der Waals surface area (Å²) in [6.45, 7) is 2.41. The molecule has 3 N–H and O–H groups in total. The van der Waals surface area contributed by atoms with Gasteiger partial charge in [0.15, 0.2) is 0 Å². The largest absolute Gasteiger partial charge is 0.380 e. The zero-order valence-corrected chi connectivity index (χ0v) is 12.3. The van der Waals surface area contributed by atoms with Gasteiger partial charge < -0.3 is 5.32 Å². The summed E-state index contributed by atoms with van der Waals surface area (Å²) >= 11 is 0. The highest BCUT2D eigenvalue weighted by molar-refractivity contribution is 7.89. The van der Waals surface area contributed by atoms with E-state index in [1.54, 1.807) is 18.2 Å². The van der Waals surface area contributed by atoms with E-state index >= 15 is 0 Å². The van der Waals surface area contributed by atoms with Crippen LogP contribution in [0.2, 0.25) is 0 Å². The van der Waals surface area contributed by atoms with Crippen molar-refractivity contribution in [3.05, 3.63) is 59.2 Å². The predicted molar refractivity (Wildman–Crippen MR) is 81.0 cm³/mol. The number of nitrogens with two attached hydrogens (primary N) is 1. The molecule has 0 saturated heterocycles. The number of nitriles is 1. The summed E-state index contributed by atoms with van der Waals surface area (Å²) in [7, 11) is -3.67. The van der Waals surface area contributed by atoms with Crippen molar-refractivity contribution in [2.24, 2.45) is 5.14 Å². The quantitative estimate of drug-likeness (QED) is 0.904. The van der Waals surface area contributed by atoms with Crippen molar-refractivity contribution in [2.45, 2.75) is 18.4 Å². The smallest absolute Gasteiger partial charge is 0.238 e. The molecule has 0 aliphatic heterocycles. The van der Waals surface area contributed by atoms with E-state index in [0.29, 0.717) is 12.1 Å². The third-order valence-electron chi connectivity index (χ3n) is 3.11.